The van der Waals surface area contributed by atoms with Crippen LogP contribution in [-0.2, 0) is 4.74 Å². The Morgan fingerprint density at radius 2 is 2.44 bits per heavy atom. The molecule has 0 aromatic carbocycles. The molecule has 0 bridgehead atoms. The maximum absolute atomic E-state index is 10.5. The van der Waals surface area contributed by atoms with Crippen molar-refractivity contribution < 1.29 is 9.84 Å². The molecule has 0 amide bonds. The molecule has 18 heavy (non-hydrogen) atoms. The zero-order valence-corrected chi connectivity index (χ0v) is 13.9. The van der Waals surface area contributed by atoms with Crippen molar-refractivity contribution in [2.24, 2.45) is 5.92 Å². The second-order valence-electron chi connectivity index (χ2n) is 5.22. The summed E-state index contributed by atoms with van der Waals surface area (Å²) in [4.78, 5) is 0. The summed E-state index contributed by atoms with van der Waals surface area (Å²) in [6.07, 6.45) is 2.85. The van der Waals surface area contributed by atoms with Crippen LogP contribution >= 0.6 is 45.7 Å². The van der Waals surface area contributed by atoms with Crippen LogP contribution in [0.15, 0.2) is 11.4 Å². The minimum absolute atomic E-state index is 0.0672. The van der Waals surface area contributed by atoms with E-state index in [1.807, 2.05) is 11.8 Å². The van der Waals surface area contributed by atoms with Crippen LogP contribution in [0.2, 0.25) is 0 Å². The van der Waals surface area contributed by atoms with Crippen molar-refractivity contribution in [2.45, 2.75) is 31.0 Å². The molecule has 2 nitrogen and oxygen atoms in total. The summed E-state index contributed by atoms with van der Waals surface area (Å²) in [5, 5.41) is 12.6. The molecule has 5 heteroatoms. The number of ether oxygens (including phenoxy) is 1. The first-order valence-electron chi connectivity index (χ1n) is 6.32. The fourth-order valence-corrected chi connectivity index (χ4v) is 5.73. The largest absolute Gasteiger partial charge is 0.388 e. The minimum Gasteiger partial charge on any atom is -0.388 e. The topological polar surface area (TPSA) is 29.5 Å². The van der Waals surface area contributed by atoms with E-state index in [2.05, 4.69) is 34.0 Å². The highest BCUT2D eigenvalue weighted by Gasteiger charge is 2.42. The van der Waals surface area contributed by atoms with Crippen molar-refractivity contribution in [2.75, 3.05) is 18.1 Å². The lowest BCUT2D eigenvalue weighted by Gasteiger charge is -2.39. The van der Waals surface area contributed by atoms with E-state index in [0.717, 1.165) is 37.2 Å². The van der Waals surface area contributed by atoms with E-state index in [9.17, 15) is 5.11 Å². The van der Waals surface area contributed by atoms with E-state index < -0.39 is 0 Å². The van der Waals surface area contributed by atoms with Crippen LogP contribution in [0.3, 0.4) is 0 Å². The number of hydrogen-bond acceptors (Lipinski definition) is 4. The van der Waals surface area contributed by atoms with Crippen LogP contribution < -0.4 is 0 Å². The molecule has 1 spiro atoms. The Morgan fingerprint density at radius 3 is 3.11 bits per heavy atom. The third-order valence-electron chi connectivity index (χ3n) is 3.97. The van der Waals surface area contributed by atoms with Gasteiger partial charge in [0.2, 0.25) is 0 Å². The van der Waals surface area contributed by atoms with Gasteiger partial charge in [0.05, 0.1) is 14.6 Å². The third-order valence-corrected chi connectivity index (χ3v) is 7.00. The molecule has 2 fully saturated rings. The molecule has 1 aromatic rings. The number of aliphatic hydroxyl groups is 1. The second kappa shape index (κ2) is 5.60. The van der Waals surface area contributed by atoms with Crippen molar-refractivity contribution in [3.63, 3.8) is 0 Å². The smallest absolute Gasteiger partial charge is 0.0828 e. The van der Waals surface area contributed by atoms with Gasteiger partial charge in [0.25, 0.3) is 0 Å². The third kappa shape index (κ3) is 2.75. The lowest BCUT2D eigenvalue weighted by atomic mass is 9.81. The lowest BCUT2D eigenvalue weighted by Crippen LogP contribution is -2.41. The molecule has 2 aliphatic heterocycles. The van der Waals surface area contributed by atoms with Gasteiger partial charge in [-0.2, -0.15) is 11.8 Å². The average molecular weight is 396 g/mol. The average Bonchev–Trinajstić information content (AvgIpc) is 2.98. The van der Waals surface area contributed by atoms with Gasteiger partial charge in [0.15, 0.2) is 0 Å². The molecule has 3 atom stereocenters. The van der Waals surface area contributed by atoms with Gasteiger partial charge < -0.3 is 9.84 Å². The molecule has 1 N–H and O–H groups in total. The predicted molar refractivity (Wildman–Crippen MR) is 85.3 cm³/mol. The van der Waals surface area contributed by atoms with Crippen molar-refractivity contribution in [1.82, 2.24) is 0 Å². The fourth-order valence-electron chi connectivity index (χ4n) is 2.95. The van der Waals surface area contributed by atoms with E-state index in [0.29, 0.717) is 5.92 Å². The molecule has 2 saturated heterocycles. The molecule has 3 unspecified atom stereocenters. The van der Waals surface area contributed by atoms with E-state index in [1.54, 1.807) is 11.3 Å². The van der Waals surface area contributed by atoms with E-state index in [1.165, 1.54) is 8.64 Å². The van der Waals surface area contributed by atoms with Crippen LogP contribution in [0.4, 0.5) is 0 Å². The Hall–Kier alpha value is 0.700. The Labute approximate surface area is 130 Å². The number of rotatable bonds is 2. The Balaban J connectivity index is 1.72. The Bertz CT molecular complexity index is 415. The maximum Gasteiger partial charge on any atom is 0.0828 e. The van der Waals surface area contributed by atoms with Gasteiger partial charge >= 0.3 is 0 Å². The normalized spacial score (nSPS) is 34.0. The number of aliphatic hydroxyl groups excluding tert-OH is 1. The first-order valence-corrected chi connectivity index (χ1v) is 9.44. The standard InChI is InChI=1S/C13H17IO2S2/c14-11-5-10(7-18-11)12(15)9-1-3-16-13(6-9)2-4-17-8-13/h5,7,9,12,15H,1-4,6,8H2. The van der Waals surface area contributed by atoms with Crippen LogP contribution in [-0.4, -0.2) is 28.8 Å². The number of thiophene rings is 1. The summed E-state index contributed by atoms with van der Waals surface area (Å²) >= 11 is 6.01. The molecule has 2 aliphatic rings. The maximum atomic E-state index is 10.5. The molecule has 100 valence electrons. The van der Waals surface area contributed by atoms with Crippen molar-refractivity contribution >= 4 is 45.7 Å². The van der Waals surface area contributed by atoms with Crippen LogP contribution in [0.5, 0.6) is 0 Å². The molecule has 3 heterocycles. The molecule has 3 rings (SSSR count). The van der Waals surface area contributed by atoms with Gasteiger partial charge in [0, 0.05) is 12.4 Å². The highest BCUT2D eigenvalue weighted by Crippen LogP contribution is 2.44. The highest BCUT2D eigenvalue weighted by molar-refractivity contribution is 14.1. The van der Waals surface area contributed by atoms with Gasteiger partial charge in [-0.15, -0.1) is 11.3 Å². The number of thioether (sulfide) groups is 1. The zero-order chi connectivity index (χ0) is 12.6. The van der Waals surface area contributed by atoms with E-state index >= 15 is 0 Å². The first kappa shape index (κ1) is 13.7. The second-order valence-corrected chi connectivity index (χ2v) is 9.13. The highest BCUT2D eigenvalue weighted by atomic mass is 127. The minimum atomic E-state index is -0.309. The van der Waals surface area contributed by atoms with Crippen LogP contribution in [0, 0.1) is 8.80 Å². The molecule has 0 saturated carbocycles. The van der Waals surface area contributed by atoms with Crippen molar-refractivity contribution in [3.8, 4) is 0 Å². The van der Waals surface area contributed by atoms with Crippen molar-refractivity contribution in [1.29, 1.82) is 0 Å². The summed E-state index contributed by atoms with van der Waals surface area (Å²) < 4.78 is 7.27. The van der Waals surface area contributed by atoms with E-state index in [-0.39, 0.29) is 11.7 Å². The van der Waals surface area contributed by atoms with Crippen LogP contribution in [0.1, 0.15) is 30.9 Å². The summed E-state index contributed by atoms with van der Waals surface area (Å²) in [5.41, 5.74) is 1.16. The molecular weight excluding hydrogens is 379 g/mol. The van der Waals surface area contributed by atoms with Gasteiger partial charge in [-0.1, -0.05) is 0 Å². The summed E-state index contributed by atoms with van der Waals surface area (Å²) in [6.45, 7) is 0.809. The number of halogens is 1. The predicted octanol–water partition coefficient (Wildman–Crippen LogP) is 3.69. The molecular formula is C13H17IO2S2. The van der Waals surface area contributed by atoms with Crippen molar-refractivity contribution in [3.05, 3.63) is 19.9 Å². The van der Waals surface area contributed by atoms with Gasteiger partial charge in [-0.3, -0.25) is 0 Å². The van der Waals surface area contributed by atoms with Crippen LogP contribution in [0.25, 0.3) is 0 Å². The summed E-state index contributed by atoms with van der Waals surface area (Å²) in [5.74, 6) is 2.68. The first-order chi connectivity index (χ1) is 8.69. The summed E-state index contributed by atoms with van der Waals surface area (Å²) in [6, 6.07) is 2.11. The quantitative estimate of drug-likeness (QED) is 0.774. The monoisotopic (exact) mass is 396 g/mol. The fraction of sp³-hybridized carbons (Fsp3) is 0.692. The van der Waals surface area contributed by atoms with Gasteiger partial charge in [-0.05, 0) is 70.5 Å². The zero-order valence-electron chi connectivity index (χ0n) is 10.1. The van der Waals surface area contributed by atoms with E-state index in [4.69, 9.17) is 4.74 Å². The molecule has 1 aromatic heterocycles. The Kier molecular flexibility index (Phi) is 4.25. The molecule has 0 radical (unpaired) electrons. The lowest BCUT2D eigenvalue weighted by molar-refractivity contribution is -0.102. The molecule has 0 aliphatic carbocycles. The van der Waals surface area contributed by atoms with Gasteiger partial charge in [-0.25, -0.2) is 0 Å². The summed E-state index contributed by atoms with van der Waals surface area (Å²) in [7, 11) is 0. The van der Waals surface area contributed by atoms with Gasteiger partial charge in [0.1, 0.15) is 0 Å². The SMILES string of the molecule is OC(c1csc(I)c1)C1CCOC2(CCSC2)C1. The Morgan fingerprint density at radius 1 is 1.56 bits per heavy atom. The number of hydrogen-bond donors (Lipinski definition) is 1.